The lowest BCUT2D eigenvalue weighted by Gasteiger charge is -2.11. The zero-order valence-corrected chi connectivity index (χ0v) is 18.3. The number of ether oxygens (including phenoxy) is 1. The summed E-state index contributed by atoms with van der Waals surface area (Å²) in [4.78, 5) is 36.8. The van der Waals surface area contributed by atoms with Gasteiger partial charge in [0.05, 0.1) is 22.8 Å². The minimum absolute atomic E-state index is 0.0219. The van der Waals surface area contributed by atoms with Gasteiger partial charge in [0.15, 0.2) is 5.03 Å². The van der Waals surface area contributed by atoms with Crippen molar-refractivity contribution < 1.29 is 22.7 Å². The summed E-state index contributed by atoms with van der Waals surface area (Å²) in [6.07, 6.45) is 0. The van der Waals surface area contributed by atoms with Crippen molar-refractivity contribution in [1.82, 2.24) is 9.78 Å². The highest BCUT2D eigenvalue weighted by atomic mass is 32.2. The highest BCUT2D eigenvalue weighted by molar-refractivity contribution is 7.91. The summed E-state index contributed by atoms with van der Waals surface area (Å²) >= 11 is 0. The molecule has 166 valence electrons. The van der Waals surface area contributed by atoms with E-state index in [4.69, 9.17) is 4.74 Å². The van der Waals surface area contributed by atoms with Gasteiger partial charge in [-0.1, -0.05) is 29.8 Å². The van der Waals surface area contributed by atoms with E-state index in [1.165, 1.54) is 24.3 Å². The number of hydrogen-bond acceptors (Lipinski definition) is 7. The zero-order valence-electron chi connectivity index (χ0n) is 17.4. The Balaban J connectivity index is 1.85. The van der Waals surface area contributed by atoms with Crippen molar-refractivity contribution in [3.05, 3.63) is 82.1 Å². The van der Waals surface area contributed by atoms with Gasteiger partial charge < -0.3 is 10.1 Å². The van der Waals surface area contributed by atoms with Crippen LogP contribution in [-0.4, -0.2) is 36.7 Å². The second-order valence-electron chi connectivity index (χ2n) is 6.80. The number of carbonyl (C=O) groups is 2. The predicted molar refractivity (Wildman–Crippen MR) is 116 cm³/mol. The first kappa shape index (κ1) is 22.9. The maximum atomic E-state index is 12.8. The maximum Gasteiger partial charge on any atom is 0.340 e. The van der Waals surface area contributed by atoms with Crippen LogP contribution in [0.1, 0.15) is 22.8 Å². The van der Waals surface area contributed by atoms with Crippen LogP contribution in [0.2, 0.25) is 0 Å². The third-order valence-corrected chi connectivity index (χ3v) is 6.10. The van der Waals surface area contributed by atoms with Gasteiger partial charge in [-0.25, -0.2) is 17.9 Å². The molecule has 2 aromatic carbocycles. The van der Waals surface area contributed by atoms with E-state index in [2.05, 4.69) is 10.4 Å². The molecule has 0 aliphatic heterocycles. The van der Waals surface area contributed by atoms with Gasteiger partial charge >= 0.3 is 5.97 Å². The summed E-state index contributed by atoms with van der Waals surface area (Å²) in [5.74, 6) is -1.27. The molecule has 1 heterocycles. The van der Waals surface area contributed by atoms with Crippen molar-refractivity contribution >= 4 is 27.4 Å². The molecule has 1 aromatic heterocycles. The van der Waals surface area contributed by atoms with Gasteiger partial charge in [0.25, 0.3) is 5.56 Å². The topological polar surface area (TPSA) is 124 Å². The molecule has 1 amide bonds. The molecule has 3 rings (SSSR count). The lowest BCUT2D eigenvalue weighted by atomic mass is 10.2. The number of rotatable bonds is 7. The molecule has 3 aromatic rings. The quantitative estimate of drug-likeness (QED) is 0.542. The van der Waals surface area contributed by atoms with Crippen LogP contribution in [0.3, 0.4) is 0 Å². The molecule has 10 heteroatoms. The molecule has 0 bridgehead atoms. The molecular formula is C22H21N3O6S. The number of esters is 1. The summed E-state index contributed by atoms with van der Waals surface area (Å²) in [6.45, 7) is 3.11. The van der Waals surface area contributed by atoms with Gasteiger partial charge in [0.2, 0.25) is 15.7 Å². The molecule has 0 atom stereocenters. The average molecular weight is 455 g/mol. The number of hydrogen-bond donors (Lipinski definition) is 1. The monoisotopic (exact) mass is 455 g/mol. The summed E-state index contributed by atoms with van der Waals surface area (Å²) < 4.78 is 31.4. The first-order valence-corrected chi connectivity index (χ1v) is 11.2. The van der Waals surface area contributed by atoms with Crippen LogP contribution in [0, 0.1) is 6.92 Å². The summed E-state index contributed by atoms with van der Waals surface area (Å²) in [5.41, 5.74) is 0.592. The Labute approximate surface area is 184 Å². The Morgan fingerprint density at radius 3 is 2.41 bits per heavy atom. The Bertz CT molecular complexity index is 1310. The molecule has 0 unspecified atom stereocenters. The number of benzene rings is 2. The fraction of sp³-hybridized carbons (Fsp3) is 0.182. The SMILES string of the molecule is CCOC(=O)c1ccccc1NC(=O)Cn1nc(S(=O)(=O)c2ccc(C)cc2)ccc1=O. The smallest absolute Gasteiger partial charge is 0.340 e. The van der Waals surface area contributed by atoms with Crippen LogP contribution in [0.5, 0.6) is 0 Å². The van der Waals surface area contributed by atoms with Crippen molar-refractivity contribution in [1.29, 1.82) is 0 Å². The number of aromatic nitrogens is 2. The van der Waals surface area contributed by atoms with E-state index in [1.54, 1.807) is 31.2 Å². The first-order chi connectivity index (χ1) is 15.2. The van der Waals surface area contributed by atoms with Gasteiger partial charge in [-0.3, -0.25) is 9.59 Å². The molecule has 1 N–H and O–H groups in total. The third kappa shape index (κ3) is 5.09. The predicted octanol–water partition coefficient (Wildman–Crippen LogP) is 2.20. The van der Waals surface area contributed by atoms with E-state index in [0.29, 0.717) is 0 Å². The van der Waals surface area contributed by atoms with Gasteiger partial charge in [0, 0.05) is 6.07 Å². The highest BCUT2D eigenvalue weighted by Gasteiger charge is 2.21. The minimum Gasteiger partial charge on any atom is -0.462 e. The molecule has 9 nitrogen and oxygen atoms in total. The van der Waals surface area contributed by atoms with Crippen LogP contribution in [0.4, 0.5) is 5.69 Å². The maximum absolute atomic E-state index is 12.8. The van der Waals surface area contributed by atoms with E-state index in [-0.39, 0.29) is 27.8 Å². The van der Waals surface area contributed by atoms with Crippen molar-refractivity contribution in [2.24, 2.45) is 0 Å². The third-order valence-electron chi connectivity index (χ3n) is 4.44. The largest absolute Gasteiger partial charge is 0.462 e. The number of para-hydroxylation sites is 1. The molecule has 0 radical (unpaired) electrons. The molecule has 0 spiro atoms. The van der Waals surface area contributed by atoms with E-state index in [0.717, 1.165) is 22.4 Å². The second kappa shape index (κ2) is 9.56. The number of aryl methyl sites for hydroxylation is 1. The number of nitrogens with one attached hydrogen (secondary N) is 1. The van der Waals surface area contributed by atoms with Crippen molar-refractivity contribution in [3.8, 4) is 0 Å². The second-order valence-corrected chi connectivity index (χ2v) is 8.69. The first-order valence-electron chi connectivity index (χ1n) is 9.68. The zero-order chi connectivity index (χ0) is 23.3. The van der Waals surface area contributed by atoms with Gasteiger partial charge in [-0.2, -0.15) is 5.10 Å². The van der Waals surface area contributed by atoms with Crippen LogP contribution < -0.4 is 10.9 Å². The summed E-state index contributed by atoms with van der Waals surface area (Å²) in [6, 6.07) is 14.6. The van der Waals surface area contributed by atoms with E-state index in [1.807, 2.05) is 6.92 Å². The molecule has 0 aliphatic carbocycles. The normalized spacial score (nSPS) is 11.1. The van der Waals surface area contributed by atoms with E-state index < -0.39 is 33.8 Å². The van der Waals surface area contributed by atoms with Gasteiger partial charge in [-0.05, 0) is 44.2 Å². The van der Waals surface area contributed by atoms with Gasteiger partial charge in [0.1, 0.15) is 6.54 Å². The van der Waals surface area contributed by atoms with Crippen LogP contribution in [-0.2, 0) is 25.9 Å². The van der Waals surface area contributed by atoms with Crippen LogP contribution >= 0.6 is 0 Å². The Morgan fingerprint density at radius 1 is 1.03 bits per heavy atom. The average Bonchev–Trinajstić information content (AvgIpc) is 2.76. The van der Waals surface area contributed by atoms with Crippen LogP contribution in [0.25, 0.3) is 0 Å². The standard InChI is InChI=1S/C22H21N3O6S/c1-3-31-22(28)17-6-4-5-7-18(17)23-19(26)14-25-21(27)13-12-20(24-25)32(29,30)16-10-8-15(2)9-11-16/h4-13H,3,14H2,1-2H3,(H,23,26). The summed E-state index contributed by atoms with van der Waals surface area (Å²) in [5, 5.41) is 6.05. The molecule has 32 heavy (non-hydrogen) atoms. The van der Waals surface area contributed by atoms with Crippen molar-refractivity contribution in [2.75, 3.05) is 11.9 Å². The fourth-order valence-corrected chi connectivity index (χ4v) is 4.02. The molecule has 0 saturated carbocycles. The van der Waals surface area contributed by atoms with E-state index in [9.17, 15) is 22.8 Å². The lowest BCUT2D eigenvalue weighted by Crippen LogP contribution is -2.30. The van der Waals surface area contributed by atoms with Gasteiger partial charge in [-0.15, -0.1) is 0 Å². The Hall–Kier alpha value is -3.79. The number of anilines is 1. The lowest BCUT2D eigenvalue weighted by molar-refractivity contribution is -0.117. The minimum atomic E-state index is -3.98. The Kier molecular flexibility index (Phi) is 6.84. The number of sulfone groups is 1. The molecule has 0 fully saturated rings. The van der Waals surface area contributed by atoms with Crippen molar-refractivity contribution in [3.63, 3.8) is 0 Å². The van der Waals surface area contributed by atoms with Crippen molar-refractivity contribution in [2.45, 2.75) is 30.3 Å². The molecule has 0 aliphatic rings. The van der Waals surface area contributed by atoms with E-state index >= 15 is 0 Å². The Morgan fingerprint density at radius 2 is 1.72 bits per heavy atom. The number of nitrogens with zero attached hydrogens (tertiary/aromatic N) is 2. The number of amides is 1. The van der Waals surface area contributed by atoms with Crippen LogP contribution in [0.15, 0.2) is 75.4 Å². The molecular weight excluding hydrogens is 434 g/mol. The number of carbonyl (C=O) groups excluding carboxylic acids is 2. The molecule has 0 saturated heterocycles. The fourth-order valence-electron chi connectivity index (χ4n) is 2.83. The highest BCUT2D eigenvalue weighted by Crippen LogP contribution is 2.19. The summed E-state index contributed by atoms with van der Waals surface area (Å²) in [7, 11) is -3.98.